The van der Waals surface area contributed by atoms with Crippen molar-refractivity contribution in [2.75, 3.05) is 6.61 Å². The largest absolute Gasteiger partial charge is 0.394 e. The Hall–Kier alpha value is -0.990. The summed E-state index contributed by atoms with van der Waals surface area (Å²) in [5.74, 6) is -1.23. The SMILES string of the molecule is NC(=O)C(O)C(O)C(O)C(O)CO.O=S(=O)(O)O.O=S(=O)(O)O. The highest BCUT2D eigenvalue weighted by Crippen LogP contribution is 2.04. The minimum atomic E-state index is -4.67. The number of amides is 1. The second-order valence-electron chi connectivity index (χ2n) is 3.47. The standard InChI is InChI=1S/C6H13NO6.2H2O4S/c7-6(13)5(12)4(11)3(10)2(9)1-8;2*1-5(2,3)4/h2-5,8-12H,1H2,(H2,7,13);2*(H2,1,2,3,4). The van der Waals surface area contributed by atoms with Crippen molar-refractivity contribution in [3.8, 4) is 0 Å². The number of primary amides is 1. The number of aliphatic hydroxyl groups is 5. The van der Waals surface area contributed by atoms with Crippen molar-refractivity contribution >= 4 is 26.7 Å². The molecule has 0 aliphatic carbocycles. The van der Waals surface area contributed by atoms with Crippen LogP contribution in [-0.4, -0.2) is 97.5 Å². The maximum atomic E-state index is 10.3. The Labute approximate surface area is 129 Å². The molecule has 0 aromatic carbocycles. The zero-order valence-corrected chi connectivity index (χ0v) is 12.6. The lowest BCUT2D eigenvalue weighted by molar-refractivity contribution is -0.146. The molecule has 17 heteroatoms. The van der Waals surface area contributed by atoms with Crippen LogP contribution in [-0.2, 0) is 25.6 Å². The molecule has 0 heterocycles. The van der Waals surface area contributed by atoms with E-state index in [0.29, 0.717) is 0 Å². The molecule has 4 unspecified atom stereocenters. The molecule has 0 aromatic rings. The summed E-state index contributed by atoms with van der Waals surface area (Å²) in [6, 6.07) is 0. The third kappa shape index (κ3) is 26.2. The molecular formula is C6H17NO14S2. The fourth-order valence-corrected chi connectivity index (χ4v) is 0.691. The first-order valence-electron chi connectivity index (χ1n) is 4.94. The van der Waals surface area contributed by atoms with Crippen molar-refractivity contribution in [1.82, 2.24) is 0 Å². The van der Waals surface area contributed by atoms with Crippen molar-refractivity contribution in [3.63, 3.8) is 0 Å². The van der Waals surface area contributed by atoms with Gasteiger partial charge in [0.15, 0.2) is 6.10 Å². The van der Waals surface area contributed by atoms with E-state index in [9.17, 15) is 4.79 Å². The van der Waals surface area contributed by atoms with Gasteiger partial charge in [0.25, 0.3) is 0 Å². The van der Waals surface area contributed by atoms with Gasteiger partial charge in [-0.25, -0.2) is 0 Å². The quantitative estimate of drug-likeness (QED) is 0.196. The van der Waals surface area contributed by atoms with Gasteiger partial charge >= 0.3 is 20.8 Å². The molecule has 4 atom stereocenters. The molecular weight excluding hydrogens is 374 g/mol. The lowest BCUT2D eigenvalue weighted by Crippen LogP contribution is -2.50. The third-order valence-corrected chi connectivity index (χ3v) is 1.55. The van der Waals surface area contributed by atoms with Crippen LogP contribution >= 0.6 is 0 Å². The summed E-state index contributed by atoms with van der Waals surface area (Å²) in [6.45, 7) is -0.802. The number of aliphatic hydroxyl groups excluding tert-OH is 5. The Morgan fingerprint density at radius 2 is 1.09 bits per heavy atom. The van der Waals surface area contributed by atoms with Gasteiger partial charge in [0.05, 0.1) is 6.61 Å². The van der Waals surface area contributed by atoms with Gasteiger partial charge in [-0.05, 0) is 0 Å². The fraction of sp³-hybridized carbons (Fsp3) is 0.833. The summed E-state index contributed by atoms with van der Waals surface area (Å²) in [5.41, 5.74) is 4.61. The minimum Gasteiger partial charge on any atom is -0.394 e. The van der Waals surface area contributed by atoms with E-state index in [2.05, 4.69) is 5.73 Å². The summed E-state index contributed by atoms with van der Waals surface area (Å²) >= 11 is 0. The summed E-state index contributed by atoms with van der Waals surface area (Å²) in [5, 5.41) is 44.0. The Kier molecular flexibility index (Phi) is 13.5. The van der Waals surface area contributed by atoms with Gasteiger partial charge < -0.3 is 31.3 Å². The smallest absolute Gasteiger partial charge is 0.394 e. The average molecular weight is 391 g/mol. The number of hydrogen-bond donors (Lipinski definition) is 10. The Morgan fingerprint density at radius 1 is 0.826 bits per heavy atom. The number of carbonyl (C=O) groups is 1. The number of hydrogen-bond acceptors (Lipinski definition) is 10. The van der Waals surface area contributed by atoms with Gasteiger partial charge in [0.1, 0.15) is 18.3 Å². The second-order valence-corrected chi connectivity index (χ2v) is 5.27. The minimum absolute atomic E-state index is 0.802. The molecule has 142 valence electrons. The molecule has 11 N–H and O–H groups in total. The zero-order valence-electron chi connectivity index (χ0n) is 11.0. The molecule has 0 fully saturated rings. The Morgan fingerprint density at radius 3 is 1.26 bits per heavy atom. The molecule has 0 aliphatic heterocycles. The normalized spacial score (nSPS) is 16.6. The highest BCUT2D eigenvalue weighted by atomic mass is 32.3. The van der Waals surface area contributed by atoms with Crippen molar-refractivity contribution in [1.29, 1.82) is 0 Å². The number of carbonyl (C=O) groups excluding carboxylic acids is 1. The molecule has 23 heavy (non-hydrogen) atoms. The molecule has 0 spiro atoms. The van der Waals surface area contributed by atoms with Gasteiger partial charge in [-0.3, -0.25) is 23.0 Å². The van der Waals surface area contributed by atoms with Crippen LogP contribution in [0.2, 0.25) is 0 Å². The second kappa shape index (κ2) is 11.5. The van der Waals surface area contributed by atoms with Gasteiger partial charge in [-0.2, -0.15) is 16.8 Å². The van der Waals surface area contributed by atoms with E-state index in [1.807, 2.05) is 0 Å². The van der Waals surface area contributed by atoms with Crippen LogP contribution in [0.1, 0.15) is 0 Å². The van der Waals surface area contributed by atoms with Gasteiger partial charge in [0, 0.05) is 0 Å². The highest BCUT2D eigenvalue weighted by molar-refractivity contribution is 7.80. The van der Waals surface area contributed by atoms with Gasteiger partial charge in [-0.15, -0.1) is 0 Å². The molecule has 0 rings (SSSR count). The molecule has 1 amide bonds. The van der Waals surface area contributed by atoms with Crippen LogP contribution in [0, 0.1) is 0 Å². The van der Waals surface area contributed by atoms with E-state index in [1.54, 1.807) is 0 Å². The molecule has 0 aromatic heterocycles. The van der Waals surface area contributed by atoms with E-state index >= 15 is 0 Å². The predicted octanol–water partition coefficient (Wildman–Crippen LogP) is -5.40. The van der Waals surface area contributed by atoms with Crippen LogP contribution in [0.3, 0.4) is 0 Å². The summed E-state index contributed by atoms with van der Waals surface area (Å²) in [4.78, 5) is 10.3. The van der Waals surface area contributed by atoms with Crippen molar-refractivity contribution in [2.24, 2.45) is 5.73 Å². The highest BCUT2D eigenvalue weighted by Gasteiger charge is 2.32. The van der Waals surface area contributed by atoms with Crippen molar-refractivity contribution in [2.45, 2.75) is 24.4 Å². The first-order valence-corrected chi connectivity index (χ1v) is 7.73. The summed E-state index contributed by atoms with van der Waals surface area (Å²) in [6.07, 6.45) is -7.35. The van der Waals surface area contributed by atoms with Crippen LogP contribution in [0.5, 0.6) is 0 Å². The van der Waals surface area contributed by atoms with Gasteiger partial charge in [0.2, 0.25) is 5.91 Å². The van der Waals surface area contributed by atoms with E-state index in [0.717, 1.165) is 0 Å². The van der Waals surface area contributed by atoms with Crippen molar-refractivity contribution in [3.05, 3.63) is 0 Å². The summed E-state index contributed by atoms with van der Waals surface area (Å²) in [7, 11) is -9.33. The van der Waals surface area contributed by atoms with Crippen LogP contribution in [0.4, 0.5) is 0 Å². The Balaban J connectivity index is -0.000000329. The first kappa shape index (κ1) is 26.9. The molecule has 0 radical (unpaired) electrons. The number of rotatable bonds is 5. The maximum Gasteiger partial charge on any atom is 0.394 e. The number of nitrogens with two attached hydrogens (primary N) is 1. The molecule has 0 saturated carbocycles. The van der Waals surface area contributed by atoms with E-state index in [1.165, 1.54) is 0 Å². The molecule has 15 nitrogen and oxygen atoms in total. The molecule has 0 saturated heterocycles. The average Bonchev–Trinajstić information content (AvgIpc) is 2.30. The van der Waals surface area contributed by atoms with E-state index in [4.69, 9.17) is 60.6 Å². The van der Waals surface area contributed by atoms with E-state index < -0.39 is 57.7 Å². The third-order valence-electron chi connectivity index (χ3n) is 1.55. The maximum absolute atomic E-state index is 10.3. The van der Waals surface area contributed by atoms with Crippen LogP contribution in [0.25, 0.3) is 0 Å². The molecule has 0 aliphatic rings. The predicted molar refractivity (Wildman–Crippen MR) is 68.7 cm³/mol. The monoisotopic (exact) mass is 391 g/mol. The lowest BCUT2D eigenvalue weighted by Gasteiger charge is -2.23. The van der Waals surface area contributed by atoms with Crippen molar-refractivity contribution < 1.29 is 65.4 Å². The lowest BCUT2D eigenvalue weighted by atomic mass is 10.0. The topological polar surface area (TPSA) is 293 Å². The fourth-order valence-electron chi connectivity index (χ4n) is 0.691. The zero-order chi connectivity index (χ0) is 19.6. The summed E-state index contributed by atoms with van der Waals surface area (Å²) < 4.78 is 63.2. The Bertz CT molecular complexity index is 481. The van der Waals surface area contributed by atoms with Crippen LogP contribution in [0.15, 0.2) is 0 Å². The van der Waals surface area contributed by atoms with Gasteiger partial charge in [-0.1, -0.05) is 0 Å². The van der Waals surface area contributed by atoms with E-state index in [-0.39, 0.29) is 0 Å². The van der Waals surface area contributed by atoms with Crippen LogP contribution < -0.4 is 5.73 Å². The molecule has 0 bridgehead atoms. The first-order chi connectivity index (χ1) is 9.91.